The Balaban J connectivity index is 1.73. The summed E-state index contributed by atoms with van der Waals surface area (Å²) in [5.74, 6) is 6.39. The lowest BCUT2D eigenvalue weighted by molar-refractivity contribution is 0.0958. The zero-order chi connectivity index (χ0) is 14.9. The van der Waals surface area contributed by atoms with E-state index in [1.54, 1.807) is 24.5 Å². The van der Waals surface area contributed by atoms with Gasteiger partial charge in [-0.15, -0.1) is 0 Å². The van der Waals surface area contributed by atoms with Crippen LogP contribution in [0.15, 0.2) is 48.8 Å². The average molecular weight is 280 g/mol. The van der Waals surface area contributed by atoms with Crippen LogP contribution in [0.3, 0.4) is 0 Å². The summed E-state index contributed by atoms with van der Waals surface area (Å²) in [6, 6.07) is 11.1. The number of nitrogens with zero attached hydrogens (tertiary/aromatic N) is 1. The van der Waals surface area contributed by atoms with Crippen LogP contribution >= 0.6 is 0 Å². The van der Waals surface area contributed by atoms with Gasteiger partial charge in [0.15, 0.2) is 0 Å². The van der Waals surface area contributed by atoms with Gasteiger partial charge in [0.2, 0.25) is 0 Å². The van der Waals surface area contributed by atoms with Crippen LogP contribution in [0.4, 0.5) is 0 Å². The quantitative estimate of drug-likeness (QED) is 0.874. The van der Waals surface area contributed by atoms with Gasteiger partial charge >= 0.3 is 0 Å². The van der Waals surface area contributed by atoms with Crippen LogP contribution in [0.5, 0.6) is 5.75 Å². The maximum absolute atomic E-state index is 11.7. The maximum Gasteiger partial charge on any atom is 0.252 e. The van der Waals surface area contributed by atoms with E-state index in [0.717, 1.165) is 11.3 Å². The van der Waals surface area contributed by atoms with E-state index in [0.29, 0.717) is 12.2 Å². The first kappa shape index (κ1) is 14.6. The third-order valence-corrected chi connectivity index (χ3v) is 2.80. The molecule has 0 bridgehead atoms. The van der Waals surface area contributed by atoms with E-state index in [-0.39, 0.29) is 12.5 Å². The summed E-state index contributed by atoms with van der Waals surface area (Å²) in [6.07, 6.45) is 3.16. The molecule has 106 valence electrons. The van der Waals surface area contributed by atoms with Gasteiger partial charge in [-0.1, -0.05) is 30.0 Å². The number of benzene rings is 1. The number of hydrogen-bond donors (Lipinski definition) is 1. The molecule has 4 nitrogen and oxygen atoms in total. The molecule has 0 aliphatic rings. The lowest BCUT2D eigenvalue weighted by Crippen LogP contribution is -2.23. The van der Waals surface area contributed by atoms with E-state index in [2.05, 4.69) is 22.1 Å². The molecule has 1 amide bonds. The van der Waals surface area contributed by atoms with Gasteiger partial charge in [0.05, 0.1) is 6.54 Å². The molecule has 0 aliphatic carbocycles. The molecule has 2 rings (SSSR count). The van der Waals surface area contributed by atoms with Crippen LogP contribution in [-0.4, -0.2) is 24.0 Å². The minimum Gasteiger partial charge on any atom is -0.481 e. The highest BCUT2D eigenvalue weighted by Crippen LogP contribution is 2.15. The highest BCUT2D eigenvalue weighted by Gasteiger charge is 2.01. The normalized spacial score (nSPS) is 9.38. The standard InChI is InChI=1S/C17H16N2O2/c1-14-6-2-3-7-16(14)21-13-5-4-10-19-17(20)15-8-11-18-12-9-15/h2-3,6-9,11-12H,10,13H2,1H3,(H,19,20). The molecule has 2 aromatic rings. The molecule has 0 unspecified atom stereocenters. The Labute approximate surface area is 124 Å². The van der Waals surface area contributed by atoms with Crippen molar-refractivity contribution >= 4 is 5.91 Å². The number of amides is 1. The summed E-state index contributed by atoms with van der Waals surface area (Å²) in [4.78, 5) is 15.6. The van der Waals surface area contributed by atoms with Crippen molar-refractivity contribution in [1.82, 2.24) is 10.3 Å². The number of carbonyl (C=O) groups excluding carboxylic acids is 1. The van der Waals surface area contributed by atoms with E-state index >= 15 is 0 Å². The van der Waals surface area contributed by atoms with Crippen molar-refractivity contribution in [3.63, 3.8) is 0 Å². The number of ether oxygens (including phenoxy) is 1. The van der Waals surface area contributed by atoms with E-state index in [4.69, 9.17) is 4.74 Å². The van der Waals surface area contributed by atoms with E-state index in [1.807, 2.05) is 31.2 Å². The van der Waals surface area contributed by atoms with Crippen LogP contribution < -0.4 is 10.1 Å². The van der Waals surface area contributed by atoms with Crippen molar-refractivity contribution in [3.05, 3.63) is 59.9 Å². The van der Waals surface area contributed by atoms with Crippen molar-refractivity contribution in [3.8, 4) is 17.6 Å². The Morgan fingerprint density at radius 1 is 1.19 bits per heavy atom. The number of aryl methyl sites for hydroxylation is 1. The second kappa shape index (κ2) is 7.71. The fraction of sp³-hybridized carbons (Fsp3) is 0.176. The number of nitrogens with one attached hydrogen (secondary N) is 1. The Kier molecular flexibility index (Phi) is 5.36. The van der Waals surface area contributed by atoms with Crippen LogP contribution in [0.25, 0.3) is 0 Å². The Morgan fingerprint density at radius 2 is 1.95 bits per heavy atom. The maximum atomic E-state index is 11.7. The van der Waals surface area contributed by atoms with Crippen molar-refractivity contribution in [2.75, 3.05) is 13.2 Å². The Morgan fingerprint density at radius 3 is 2.71 bits per heavy atom. The van der Waals surface area contributed by atoms with E-state index < -0.39 is 0 Å². The fourth-order valence-electron chi connectivity index (χ4n) is 1.68. The second-order valence-corrected chi connectivity index (χ2v) is 4.33. The Bertz CT molecular complexity index is 657. The largest absolute Gasteiger partial charge is 0.481 e. The summed E-state index contributed by atoms with van der Waals surface area (Å²) in [5, 5.41) is 2.71. The lowest BCUT2D eigenvalue weighted by atomic mass is 10.2. The number of carbonyl (C=O) groups is 1. The van der Waals surface area contributed by atoms with Crippen LogP contribution in [-0.2, 0) is 0 Å². The van der Waals surface area contributed by atoms with Gasteiger partial charge in [0, 0.05) is 18.0 Å². The molecule has 0 saturated carbocycles. The molecular formula is C17H16N2O2. The van der Waals surface area contributed by atoms with Crippen LogP contribution in [0, 0.1) is 18.8 Å². The smallest absolute Gasteiger partial charge is 0.252 e. The number of pyridine rings is 1. The minimum absolute atomic E-state index is 0.161. The van der Waals surface area contributed by atoms with Gasteiger partial charge in [-0.05, 0) is 30.7 Å². The summed E-state index contributed by atoms with van der Waals surface area (Å²) in [5.41, 5.74) is 1.65. The summed E-state index contributed by atoms with van der Waals surface area (Å²) in [6.45, 7) is 2.58. The molecule has 0 aliphatic heterocycles. The molecule has 0 radical (unpaired) electrons. The molecule has 0 fully saturated rings. The topological polar surface area (TPSA) is 51.2 Å². The van der Waals surface area contributed by atoms with E-state index in [1.165, 1.54) is 0 Å². The predicted molar refractivity (Wildman–Crippen MR) is 81.0 cm³/mol. The second-order valence-electron chi connectivity index (χ2n) is 4.33. The molecule has 1 aromatic carbocycles. The minimum atomic E-state index is -0.161. The highest BCUT2D eigenvalue weighted by molar-refractivity contribution is 5.94. The summed E-state index contributed by atoms with van der Waals surface area (Å²) < 4.78 is 5.53. The van der Waals surface area contributed by atoms with Gasteiger partial charge < -0.3 is 10.1 Å². The fourth-order valence-corrected chi connectivity index (χ4v) is 1.68. The van der Waals surface area contributed by atoms with Crippen molar-refractivity contribution in [2.45, 2.75) is 6.92 Å². The lowest BCUT2D eigenvalue weighted by Gasteiger charge is -2.04. The number of rotatable bonds is 4. The highest BCUT2D eigenvalue weighted by atomic mass is 16.5. The molecule has 1 N–H and O–H groups in total. The molecule has 0 saturated heterocycles. The molecule has 0 spiro atoms. The van der Waals surface area contributed by atoms with Gasteiger partial charge in [0.25, 0.3) is 5.91 Å². The van der Waals surface area contributed by atoms with Gasteiger partial charge in [-0.3, -0.25) is 9.78 Å². The molecule has 1 heterocycles. The van der Waals surface area contributed by atoms with Crippen LogP contribution in [0.2, 0.25) is 0 Å². The number of para-hydroxylation sites is 1. The Hall–Kier alpha value is -2.80. The third kappa shape index (κ3) is 4.66. The SMILES string of the molecule is Cc1ccccc1OCC#CCNC(=O)c1ccncc1. The summed E-state index contributed by atoms with van der Waals surface area (Å²) >= 11 is 0. The van der Waals surface area contributed by atoms with Crippen molar-refractivity contribution < 1.29 is 9.53 Å². The van der Waals surface area contributed by atoms with Gasteiger partial charge in [-0.2, -0.15) is 0 Å². The first-order valence-electron chi connectivity index (χ1n) is 6.60. The molecule has 21 heavy (non-hydrogen) atoms. The molecule has 1 aromatic heterocycles. The zero-order valence-corrected chi connectivity index (χ0v) is 11.8. The average Bonchev–Trinajstić information content (AvgIpc) is 2.53. The molecular weight excluding hydrogens is 264 g/mol. The number of aromatic nitrogens is 1. The first-order chi connectivity index (χ1) is 10.3. The molecule has 0 atom stereocenters. The monoisotopic (exact) mass is 280 g/mol. The third-order valence-electron chi connectivity index (χ3n) is 2.80. The van der Waals surface area contributed by atoms with Gasteiger partial charge in [0.1, 0.15) is 12.4 Å². The van der Waals surface area contributed by atoms with E-state index in [9.17, 15) is 4.79 Å². The van der Waals surface area contributed by atoms with Crippen molar-refractivity contribution in [1.29, 1.82) is 0 Å². The molecule has 4 heteroatoms. The first-order valence-corrected chi connectivity index (χ1v) is 6.60. The number of hydrogen-bond acceptors (Lipinski definition) is 3. The predicted octanol–water partition coefficient (Wildman–Crippen LogP) is 2.20. The van der Waals surface area contributed by atoms with Crippen LogP contribution in [0.1, 0.15) is 15.9 Å². The zero-order valence-electron chi connectivity index (χ0n) is 11.8. The summed E-state index contributed by atoms with van der Waals surface area (Å²) in [7, 11) is 0. The van der Waals surface area contributed by atoms with Gasteiger partial charge in [-0.25, -0.2) is 0 Å². The van der Waals surface area contributed by atoms with Crippen molar-refractivity contribution in [2.24, 2.45) is 0 Å².